The van der Waals surface area contributed by atoms with Gasteiger partial charge in [-0.15, -0.1) is 0 Å². The first kappa shape index (κ1) is 20.5. The van der Waals surface area contributed by atoms with Crippen LogP contribution in [-0.2, 0) is 4.74 Å². The number of carbonyl (C=O) groups is 2. The summed E-state index contributed by atoms with van der Waals surface area (Å²) >= 11 is 5.92. The number of hydrogen-bond donors (Lipinski definition) is 1. The number of ether oxygens (including phenoxy) is 2. The van der Waals surface area contributed by atoms with Crippen molar-refractivity contribution >= 4 is 29.3 Å². The molecular weight excluding hydrogens is 354 g/mol. The zero-order chi connectivity index (χ0) is 19.4. The fourth-order valence-electron chi connectivity index (χ4n) is 1.69. The average Bonchev–Trinajstić information content (AvgIpc) is 2.46. The predicted molar refractivity (Wildman–Crippen MR) is 91.0 cm³/mol. The van der Waals surface area contributed by atoms with Gasteiger partial charge in [0, 0.05) is 18.7 Å². The number of likely N-dealkylation sites (N-methyl/N-ethyl adjacent to an activating group) is 1. The van der Waals surface area contributed by atoms with E-state index in [9.17, 15) is 19.7 Å². The van der Waals surface area contributed by atoms with E-state index >= 15 is 0 Å². The molecule has 0 fully saturated rings. The number of halogens is 1. The molecule has 1 rings (SSSR count). The van der Waals surface area contributed by atoms with Crippen molar-refractivity contribution in [3.05, 3.63) is 32.8 Å². The zero-order valence-corrected chi connectivity index (χ0v) is 15.1. The third kappa shape index (κ3) is 6.11. The van der Waals surface area contributed by atoms with Gasteiger partial charge < -0.3 is 20.1 Å². The molecule has 0 spiro atoms. The van der Waals surface area contributed by atoms with Crippen LogP contribution in [0.3, 0.4) is 0 Å². The highest BCUT2D eigenvalue weighted by atomic mass is 35.5. The molecule has 0 saturated heterocycles. The van der Waals surface area contributed by atoms with Crippen molar-refractivity contribution < 1.29 is 24.0 Å². The number of benzene rings is 1. The fourth-order valence-corrected chi connectivity index (χ4v) is 1.92. The molecule has 0 heterocycles. The summed E-state index contributed by atoms with van der Waals surface area (Å²) in [5.41, 5.74) is 3.92. The summed E-state index contributed by atoms with van der Waals surface area (Å²) in [5.74, 6) is -0.919. The number of amides is 2. The van der Waals surface area contributed by atoms with Gasteiger partial charge in [-0.2, -0.15) is 0 Å². The molecule has 9 nitrogen and oxygen atoms in total. The van der Waals surface area contributed by atoms with E-state index in [0.717, 1.165) is 6.07 Å². The fraction of sp³-hybridized carbons (Fsp3) is 0.467. The molecule has 138 valence electrons. The minimum Gasteiger partial charge on any atom is -0.490 e. The van der Waals surface area contributed by atoms with Crippen molar-refractivity contribution in [3.63, 3.8) is 0 Å². The van der Waals surface area contributed by atoms with Crippen LogP contribution in [0.2, 0.25) is 5.02 Å². The second kappa shape index (κ2) is 8.02. The van der Waals surface area contributed by atoms with Crippen LogP contribution in [0.15, 0.2) is 12.1 Å². The van der Waals surface area contributed by atoms with Gasteiger partial charge in [0.05, 0.1) is 11.5 Å². The molecule has 25 heavy (non-hydrogen) atoms. The van der Waals surface area contributed by atoms with Crippen LogP contribution in [0.4, 0.5) is 10.5 Å². The minimum absolute atomic E-state index is 0.0190. The second-order valence-corrected chi connectivity index (χ2v) is 6.56. The molecule has 0 aliphatic heterocycles. The summed E-state index contributed by atoms with van der Waals surface area (Å²) in [4.78, 5) is 34.6. The number of rotatable bonds is 6. The number of hydrogen-bond acceptors (Lipinski definition) is 6. The van der Waals surface area contributed by atoms with Gasteiger partial charge in [0.1, 0.15) is 18.0 Å². The molecule has 1 aromatic carbocycles. The summed E-state index contributed by atoms with van der Waals surface area (Å²) in [6.45, 7) is 5.34. The van der Waals surface area contributed by atoms with Gasteiger partial charge in [-0.25, -0.2) is 4.79 Å². The summed E-state index contributed by atoms with van der Waals surface area (Å²) in [7, 11) is 1.52. The smallest absolute Gasteiger partial charge is 0.410 e. The monoisotopic (exact) mass is 373 g/mol. The Morgan fingerprint density at radius 3 is 2.44 bits per heavy atom. The Kier molecular flexibility index (Phi) is 6.57. The van der Waals surface area contributed by atoms with Crippen molar-refractivity contribution in [3.8, 4) is 5.75 Å². The van der Waals surface area contributed by atoms with Gasteiger partial charge in [0.15, 0.2) is 5.02 Å². The van der Waals surface area contributed by atoms with Crippen molar-refractivity contribution in [1.82, 2.24) is 4.90 Å². The molecule has 2 amide bonds. The average molecular weight is 374 g/mol. The Hall–Kier alpha value is -2.55. The molecule has 0 saturated carbocycles. The van der Waals surface area contributed by atoms with E-state index in [2.05, 4.69) is 0 Å². The first-order valence-corrected chi connectivity index (χ1v) is 7.65. The van der Waals surface area contributed by atoms with Crippen LogP contribution in [0.5, 0.6) is 5.75 Å². The zero-order valence-electron chi connectivity index (χ0n) is 14.4. The number of nitro benzene ring substituents is 1. The molecule has 0 aromatic heterocycles. The molecule has 0 bridgehead atoms. The van der Waals surface area contributed by atoms with Crippen LogP contribution in [0.25, 0.3) is 0 Å². The largest absolute Gasteiger partial charge is 0.490 e. The molecule has 0 unspecified atom stereocenters. The van der Waals surface area contributed by atoms with Crippen molar-refractivity contribution in [2.75, 3.05) is 20.2 Å². The molecule has 0 radical (unpaired) electrons. The lowest BCUT2D eigenvalue weighted by Gasteiger charge is -2.24. The molecule has 10 heteroatoms. The normalized spacial score (nSPS) is 10.9. The molecular formula is C15H20ClN3O6. The Morgan fingerprint density at radius 2 is 1.96 bits per heavy atom. The lowest BCUT2D eigenvalue weighted by Crippen LogP contribution is -2.36. The number of carbonyl (C=O) groups excluding carboxylic acids is 2. The standard InChI is InChI=1S/C15H20ClN3O6/c1-15(2,3)25-14(21)18(4)5-6-24-11-8-9(13(17)20)7-10(12(11)16)19(22)23/h7-8H,5-6H2,1-4H3,(H2,17,20). The van der Waals surface area contributed by atoms with Crippen LogP contribution in [0, 0.1) is 10.1 Å². The molecule has 0 aliphatic carbocycles. The third-order valence-corrected chi connectivity index (χ3v) is 3.27. The third-order valence-electron chi connectivity index (χ3n) is 2.89. The molecule has 0 atom stereocenters. The first-order valence-electron chi connectivity index (χ1n) is 7.27. The van der Waals surface area contributed by atoms with Crippen LogP contribution in [-0.4, -0.2) is 47.6 Å². The SMILES string of the molecule is CN(CCOc1cc(C(N)=O)cc([N+](=O)[O-])c1Cl)C(=O)OC(C)(C)C. The van der Waals surface area contributed by atoms with Gasteiger partial charge in [-0.1, -0.05) is 11.6 Å². The van der Waals surface area contributed by atoms with Crippen molar-refractivity contribution in [2.24, 2.45) is 5.73 Å². The van der Waals surface area contributed by atoms with Gasteiger partial charge in [-0.05, 0) is 26.8 Å². The second-order valence-electron chi connectivity index (χ2n) is 6.18. The van der Waals surface area contributed by atoms with E-state index < -0.39 is 28.2 Å². The maximum atomic E-state index is 11.8. The Labute approximate surface area is 149 Å². The number of nitrogens with zero attached hydrogens (tertiary/aromatic N) is 2. The summed E-state index contributed by atoms with van der Waals surface area (Å²) in [6, 6.07) is 2.19. The summed E-state index contributed by atoms with van der Waals surface area (Å²) in [6.07, 6.45) is -0.543. The number of nitro groups is 1. The van der Waals surface area contributed by atoms with E-state index in [0.29, 0.717) is 0 Å². The highest BCUT2D eigenvalue weighted by molar-refractivity contribution is 6.34. The quantitative estimate of drug-likeness (QED) is 0.603. The van der Waals surface area contributed by atoms with E-state index in [1.54, 1.807) is 20.8 Å². The topological polar surface area (TPSA) is 125 Å². The number of nitrogens with two attached hydrogens (primary N) is 1. The predicted octanol–water partition coefficient (Wildman–Crippen LogP) is 2.59. The first-order chi connectivity index (χ1) is 11.4. The summed E-state index contributed by atoms with van der Waals surface area (Å²) in [5, 5.41) is 10.7. The van der Waals surface area contributed by atoms with Crippen LogP contribution >= 0.6 is 11.6 Å². The van der Waals surface area contributed by atoms with Crippen molar-refractivity contribution in [2.45, 2.75) is 26.4 Å². The Bertz CT molecular complexity index is 687. The van der Waals surface area contributed by atoms with Gasteiger partial charge in [-0.3, -0.25) is 14.9 Å². The van der Waals surface area contributed by atoms with Crippen LogP contribution in [0.1, 0.15) is 31.1 Å². The number of primary amides is 1. The lowest BCUT2D eigenvalue weighted by molar-refractivity contribution is -0.384. The minimum atomic E-state index is -0.851. The van der Waals surface area contributed by atoms with Crippen LogP contribution < -0.4 is 10.5 Å². The van der Waals surface area contributed by atoms with E-state index in [-0.39, 0.29) is 29.5 Å². The highest BCUT2D eigenvalue weighted by Crippen LogP contribution is 2.35. The highest BCUT2D eigenvalue weighted by Gasteiger charge is 2.22. The lowest BCUT2D eigenvalue weighted by atomic mass is 10.2. The molecule has 2 N–H and O–H groups in total. The van der Waals surface area contributed by atoms with E-state index in [1.807, 2.05) is 0 Å². The maximum Gasteiger partial charge on any atom is 0.410 e. The van der Waals surface area contributed by atoms with E-state index in [1.165, 1.54) is 18.0 Å². The van der Waals surface area contributed by atoms with E-state index in [4.69, 9.17) is 26.8 Å². The van der Waals surface area contributed by atoms with Gasteiger partial charge >= 0.3 is 6.09 Å². The summed E-state index contributed by atoms with van der Waals surface area (Å²) < 4.78 is 10.6. The molecule has 1 aromatic rings. The van der Waals surface area contributed by atoms with Gasteiger partial charge in [0.25, 0.3) is 5.69 Å². The Morgan fingerprint density at radius 1 is 1.36 bits per heavy atom. The molecule has 0 aliphatic rings. The van der Waals surface area contributed by atoms with Gasteiger partial charge in [0.2, 0.25) is 5.91 Å². The maximum absolute atomic E-state index is 11.8. The Balaban J connectivity index is 2.82. The van der Waals surface area contributed by atoms with Crippen molar-refractivity contribution in [1.29, 1.82) is 0 Å².